The predicted octanol–water partition coefficient (Wildman–Crippen LogP) is 3.12. The van der Waals surface area contributed by atoms with Crippen LogP contribution >= 0.6 is 15.9 Å². The van der Waals surface area contributed by atoms with Crippen molar-refractivity contribution in [1.82, 2.24) is 0 Å². The monoisotopic (exact) mass is 272 g/mol. The highest BCUT2D eigenvalue weighted by molar-refractivity contribution is 9.10. The van der Waals surface area contributed by atoms with E-state index in [4.69, 9.17) is 4.42 Å². The summed E-state index contributed by atoms with van der Waals surface area (Å²) in [5.41, 5.74) is 0.0461. The third-order valence-electron chi connectivity index (χ3n) is 1.97. The van der Waals surface area contributed by atoms with Gasteiger partial charge in [-0.15, -0.1) is 0 Å². The molecule has 3 nitrogen and oxygen atoms in total. The highest BCUT2D eigenvalue weighted by Crippen LogP contribution is 2.29. The first-order chi connectivity index (χ1) is 7.13. The van der Waals surface area contributed by atoms with Gasteiger partial charge in [0.05, 0.1) is 7.11 Å². The van der Waals surface area contributed by atoms with Crippen molar-refractivity contribution < 1.29 is 18.3 Å². The van der Waals surface area contributed by atoms with Gasteiger partial charge in [0.1, 0.15) is 0 Å². The van der Waals surface area contributed by atoms with E-state index >= 15 is 0 Å². The van der Waals surface area contributed by atoms with Crippen molar-refractivity contribution in [3.05, 3.63) is 34.2 Å². The fourth-order valence-corrected chi connectivity index (χ4v) is 1.69. The maximum Gasteiger partial charge on any atom is 0.373 e. The molecule has 1 aromatic heterocycles. The van der Waals surface area contributed by atoms with E-state index in [1.54, 1.807) is 6.07 Å². The number of halogens is 2. The maximum atomic E-state index is 13.3. The van der Waals surface area contributed by atoms with Gasteiger partial charge < -0.3 is 9.15 Å². The number of carbonyl (C=O) groups is 1. The van der Waals surface area contributed by atoms with Crippen LogP contribution in [0.5, 0.6) is 0 Å². The van der Waals surface area contributed by atoms with Crippen LogP contribution in [0.3, 0.4) is 0 Å². The van der Waals surface area contributed by atoms with E-state index in [9.17, 15) is 9.18 Å². The minimum atomic E-state index is -0.627. The van der Waals surface area contributed by atoms with Crippen molar-refractivity contribution in [2.24, 2.45) is 0 Å². The summed E-state index contributed by atoms with van der Waals surface area (Å²) >= 11 is 3.24. The Hall–Kier alpha value is -1.36. The molecule has 0 aliphatic heterocycles. The van der Waals surface area contributed by atoms with Crippen molar-refractivity contribution in [3.63, 3.8) is 0 Å². The molecular formula is C10H6BrFO3. The standard InChI is InChI=1S/C10H6BrFO3/c1-14-10(13)8-4-5-6(11)2-3-7(12)9(5)15-8/h2-4H,1H3. The number of rotatable bonds is 1. The Labute approximate surface area is 92.9 Å². The van der Waals surface area contributed by atoms with Crippen LogP contribution in [-0.4, -0.2) is 13.1 Å². The van der Waals surface area contributed by atoms with Gasteiger partial charge in [0.2, 0.25) is 5.76 Å². The van der Waals surface area contributed by atoms with Gasteiger partial charge in [0, 0.05) is 15.9 Å². The van der Waals surface area contributed by atoms with Crippen LogP contribution in [0.25, 0.3) is 11.0 Å². The highest BCUT2D eigenvalue weighted by atomic mass is 79.9. The van der Waals surface area contributed by atoms with Crippen LogP contribution in [0.15, 0.2) is 27.1 Å². The van der Waals surface area contributed by atoms with Gasteiger partial charge in [-0.25, -0.2) is 9.18 Å². The third-order valence-corrected chi connectivity index (χ3v) is 2.66. The normalized spacial score (nSPS) is 10.6. The smallest absolute Gasteiger partial charge is 0.373 e. The molecule has 0 saturated heterocycles. The number of hydrogen-bond donors (Lipinski definition) is 0. The fourth-order valence-electron chi connectivity index (χ4n) is 1.26. The Bertz CT molecular complexity index is 494. The second-order valence-electron chi connectivity index (χ2n) is 2.87. The summed E-state index contributed by atoms with van der Waals surface area (Å²) in [7, 11) is 1.24. The topological polar surface area (TPSA) is 39.4 Å². The maximum absolute atomic E-state index is 13.3. The minimum absolute atomic E-state index is 0.0155. The average Bonchev–Trinajstić information content (AvgIpc) is 2.68. The average molecular weight is 273 g/mol. The van der Waals surface area contributed by atoms with Crippen LogP contribution in [0.1, 0.15) is 10.6 Å². The lowest BCUT2D eigenvalue weighted by Crippen LogP contribution is -1.97. The number of esters is 1. The first kappa shape index (κ1) is 10.2. The van der Waals surface area contributed by atoms with Crippen LogP contribution in [0.2, 0.25) is 0 Å². The van der Waals surface area contributed by atoms with Gasteiger partial charge in [-0.05, 0) is 12.1 Å². The number of benzene rings is 1. The molecule has 0 aliphatic rings. The number of methoxy groups -OCH3 is 1. The lowest BCUT2D eigenvalue weighted by atomic mass is 10.2. The van der Waals surface area contributed by atoms with Gasteiger partial charge >= 0.3 is 5.97 Å². The number of furan rings is 1. The zero-order valence-electron chi connectivity index (χ0n) is 7.71. The van der Waals surface area contributed by atoms with Gasteiger partial charge in [-0.2, -0.15) is 0 Å². The molecule has 0 unspecified atom stereocenters. The summed E-state index contributed by atoms with van der Waals surface area (Å²) in [5.74, 6) is -1.15. The summed E-state index contributed by atoms with van der Waals surface area (Å²) in [6.07, 6.45) is 0. The van der Waals surface area contributed by atoms with Crippen LogP contribution < -0.4 is 0 Å². The first-order valence-corrected chi connectivity index (χ1v) is 4.88. The molecule has 1 heterocycles. The molecular weight excluding hydrogens is 267 g/mol. The molecule has 0 aliphatic carbocycles. The third kappa shape index (κ3) is 1.63. The second-order valence-corrected chi connectivity index (χ2v) is 3.73. The Morgan fingerprint density at radius 2 is 2.27 bits per heavy atom. The summed E-state index contributed by atoms with van der Waals surface area (Å²) in [6.45, 7) is 0. The molecule has 78 valence electrons. The van der Waals surface area contributed by atoms with Crippen LogP contribution in [0, 0.1) is 5.82 Å². The lowest BCUT2D eigenvalue weighted by Gasteiger charge is -1.92. The summed E-state index contributed by atoms with van der Waals surface area (Å²) in [6, 6.07) is 4.25. The van der Waals surface area contributed by atoms with Gasteiger partial charge in [0.15, 0.2) is 11.4 Å². The fraction of sp³-hybridized carbons (Fsp3) is 0.100. The molecule has 0 atom stereocenters. The Morgan fingerprint density at radius 1 is 1.53 bits per heavy atom. The van der Waals surface area contributed by atoms with Crippen molar-refractivity contribution in [1.29, 1.82) is 0 Å². The summed E-state index contributed by atoms with van der Waals surface area (Å²) in [5, 5.41) is 0.510. The van der Waals surface area contributed by atoms with E-state index in [-0.39, 0.29) is 11.3 Å². The van der Waals surface area contributed by atoms with Crippen molar-refractivity contribution in [3.8, 4) is 0 Å². The molecule has 0 spiro atoms. The number of hydrogen-bond acceptors (Lipinski definition) is 3. The zero-order valence-corrected chi connectivity index (χ0v) is 9.30. The van der Waals surface area contributed by atoms with E-state index in [0.717, 1.165) is 0 Å². The SMILES string of the molecule is COC(=O)c1cc2c(Br)ccc(F)c2o1. The molecule has 2 aromatic rings. The van der Waals surface area contributed by atoms with E-state index in [2.05, 4.69) is 20.7 Å². The molecule has 0 amide bonds. The molecule has 1 aromatic carbocycles. The summed E-state index contributed by atoms with van der Waals surface area (Å²) < 4.78 is 23.5. The van der Waals surface area contributed by atoms with Crippen molar-refractivity contribution >= 4 is 32.9 Å². The molecule has 5 heteroatoms. The van der Waals surface area contributed by atoms with Crippen LogP contribution in [-0.2, 0) is 4.74 Å². The van der Waals surface area contributed by atoms with Gasteiger partial charge in [-0.1, -0.05) is 15.9 Å². The molecule has 0 saturated carbocycles. The lowest BCUT2D eigenvalue weighted by molar-refractivity contribution is 0.0567. The number of fused-ring (bicyclic) bond motifs is 1. The van der Waals surface area contributed by atoms with Crippen molar-refractivity contribution in [2.75, 3.05) is 7.11 Å². The van der Waals surface area contributed by atoms with Crippen LogP contribution in [0.4, 0.5) is 4.39 Å². The predicted molar refractivity (Wildman–Crippen MR) is 55.2 cm³/mol. The minimum Gasteiger partial charge on any atom is -0.463 e. The second kappa shape index (κ2) is 3.66. The van der Waals surface area contributed by atoms with Gasteiger partial charge in [0.25, 0.3) is 0 Å². The van der Waals surface area contributed by atoms with Crippen molar-refractivity contribution in [2.45, 2.75) is 0 Å². The quantitative estimate of drug-likeness (QED) is 0.749. The van der Waals surface area contributed by atoms with E-state index in [0.29, 0.717) is 9.86 Å². The largest absolute Gasteiger partial charge is 0.463 e. The summed E-state index contributed by atoms with van der Waals surface area (Å²) in [4.78, 5) is 11.2. The van der Waals surface area contributed by atoms with E-state index in [1.165, 1.54) is 19.2 Å². The molecule has 0 bridgehead atoms. The van der Waals surface area contributed by atoms with E-state index in [1.807, 2.05) is 0 Å². The molecule has 0 N–H and O–H groups in total. The zero-order chi connectivity index (χ0) is 11.0. The van der Waals surface area contributed by atoms with E-state index < -0.39 is 11.8 Å². The molecule has 2 rings (SSSR count). The number of carbonyl (C=O) groups excluding carboxylic acids is 1. The Kier molecular flexibility index (Phi) is 2.48. The van der Waals surface area contributed by atoms with Gasteiger partial charge in [-0.3, -0.25) is 0 Å². The highest BCUT2D eigenvalue weighted by Gasteiger charge is 2.16. The first-order valence-electron chi connectivity index (χ1n) is 4.09. The molecule has 0 radical (unpaired) electrons. The molecule has 15 heavy (non-hydrogen) atoms. The Morgan fingerprint density at radius 3 is 2.87 bits per heavy atom. The molecule has 0 fully saturated rings. The Balaban J connectivity index is 2.70. The number of ether oxygens (including phenoxy) is 1.